The molecule has 17 heavy (non-hydrogen) atoms. The maximum absolute atomic E-state index is 11.9. The molecule has 0 saturated carbocycles. The topological polar surface area (TPSA) is 64.4 Å². The first-order valence-electron chi connectivity index (χ1n) is 5.79. The molecule has 0 bridgehead atoms. The molecule has 0 radical (unpaired) electrons. The molecule has 0 fully saturated rings. The Hall–Kier alpha value is -0.910. The fourth-order valence-electron chi connectivity index (χ4n) is 1.64. The Morgan fingerprint density at radius 3 is 2.88 bits per heavy atom. The highest BCUT2D eigenvalue weighted by Crippen LogP contribution is 2.23. The average Bonchev–Trinajstić information content (AvgIpc) is 2.83. The number of rotatable bonds is 7. The van der Waals surface area contributed by atoms with Crippen molar-refractivity contribution < 1.29 is 9.53 Å². The number of carbonyl (C=O) groups excluding carboxylic acids is 1. The van der Waals surface area contributed by atoms with E-state index in [4.69, 9.17) is 10.5 Å². The van der Waals surface area contributed by atoms with Crippen LogP contribution in [0.25, 0.3) is 0 Å². The van der Waals surface area contributed by atoms with Gasteiger partial charge in [0.1, 0.15) is 6.10 Å². The molecule has 2 unspecified atom stereocenters. The summed E-state index contributed by atoms with van der Waals surface area (Å²) in [5, 5.41) is 5.00. The quantitative estimate of drug-likeness (QED) is 0.780. The first kappa shape index (κ1) is 14.2. The molecule has 4 nitrogen and oxygen atoms in total. The standard InChI is InChI=1S/C12H20N2O2S/c1-3-5-9(11-6-4-7-17-11)14-12(15)10(8-13)16-2/h4,6-7,9-10H,3,5,8,13H2,1-2H3,(H,14,15). The lowest BCUT2D eigenvalue weighted by atomic mass is 10.1. The number of nitrogens with one attached hydrogen (secondary N) is 1. The fourth-order valence-corrected chi connectivity index (χ4v) is 2.45. The molecule has 1 aromatic heterocycles. The summed E-state index contributed by atoms with van der Waals surface area (Å²) in [6.07, 6.45) is 1.38. The predicted octanol–water partition coefficient (Wildman–Crippen LogP) is 1.68. The van der Waals surface area contributed by atoms with E-state index >= 15 is 0 Å². The molecule has 0 aromatic carbocycles. The molecule has 0 spiro atoms. The van der Waals surface area contributed by atoms with Crippen LogP contribution in [0.3, 0.4) is 0 Å². The summed E-state index contributed by atoms with van der Waals surface area (Å²) in [4.78, 5) is 13.0. The second-order valence-electron chi connectivity index (χ2n) is 3.83. The Balaban J connectivity index is 2.64. The molecule has 0 saturated heterocycles. The zero-order valence-corrected chi connectivity index (χ0v) is 11.1. The molecule has 3 N–H and O–H groups in total. The Bertz CT molecular complexity index is 323. The number of nitrogens with two attached hydrogens (primary N) is 1. The molecule has 0 aliphatic carbocycles. The highest BCUT2D eigenvalue weighted by Gasteiger charge is 2.20. The zero-order valence-electron chi connectivity index (χ0n) is 10.3. The van der Waals surface area contributed by atoms with Gasteiger partial charge in [-0.2, -0.15) is 0 Å². The van der Waals surface area contributed by atoms with E-state index in [2.05, 4.69) is 12.2 Å². The van der Waals surface area contributed by atoms with Crippen molar-refractivity contribution in [3.63, 3.8) is 0 Å². The molecular formula is C12H20N2O2S. The minimum atomic E-state index is -0.561. The summed E-state index contributed by atoms with van der Waals surface area (Å²) in [6.45, 7) is 2.30. The minimum absolute atomic E-state index is 0.0664. The number of thiophene rings is 1. The van der Waals surface area contributed by atoms with Gasteiger partial charge >= 0.3 is 0 Å². The van der Waals surface area contributed by atoms with Gasteiger partial charge in [-0.3, -0.25) is 4.79 Å². The Labute approximate surface area is 106 Å². The average molecular weight is 256 g/mol. The van der Waals surface area contributed by atoms with Crippen LogP contribution in [0.1, 0.15) is 30.7 Å². The Morgan fingerprint density at radius 2 is 2.41 bits per heavy atom. The van der Waals surface area contributed by atoms with Crippen molar-refractivity contribution in [1.29, 1.82) is 0 Å². The summed E-state index contributed by atoms with van der Waals surface area (Å²) >= 11 is 1.65. The van der Waals surface area contributed by atoms with Gasteiger partial charge in [0.2, 0.25) is 0 Å². The summed E-state index contributed by atoms with van der Waals surface area (Å²) < 4.78 is 5.02. The second-order valence-corrected chi connectivity index (χ2v) is 4.80. The lowest BCUT2D eigenvalue weighted by molar-refractivity contribution is -0.131. The van der Waals surface area contributed by atoms with Crippen molar-refractivity contribution in [1.82, 2.24) is 5.32 Å². The predicted molar refractivity (Wildman–Crippen MR) is 70.0 cm³/mol. The van der Waals surface area contributed by atoms with E-state index < -0.39 is 6.10 Å². The zero-order chi connectivity index (χ0) is 12.7. The summed E-state index contributed by atoms with van der Waals surface area (Å²) in [5.74, 6) is -0.137. The van der Waals surface area contributed by atoms with E-state index in [-0.39, 0.29) is 18.5 Å². The van der Waals surface area contributed by atoms with E-state index in [1.54, 1.807) is 11.3 Å². The number of hydrogen-bond donors (Lipinski definition) is 2. The molecule has 5 heteroatoms. The van der Waals surface area contributed by atoms with Crippen LogP contribution < -0.4 is 11.1 Å². The van der Waals surface area contributed by atoms with Gasteiger partial charge in [-0.15, -0.1) is 11.3 Å². The Morgan fingerprint density at radius 1 is 1.65 bits per heavy atom. The van der Waals surface area contributed by atoms with Gasteiger partial charge in [0.15, 0.2) is 0 Å². The van der Waals surface area contributed by atoms with Crippen LogP contribution in [0.15, 0.2) is 17.5 Å². The van der Waals surface area contributed by atoms with Crippen LogP contribution in [-0.2, 0) is 9.53 Å². The van der Waals surface area contributed by atoms with Gasteiger partial charge < -0.3 is 15.8 Å². The maximum Gasteiger partial charge on any atom is 0.250 e. The van der Waals surface area contributed by atoms with E-state index in [9.17, 15) is 4.79 Å². The van der Waals surface area contributed by atoms with Crippen molar-refractivity contribution in [3.8, 4) is 0 Å². The summed E-state index contributed by atoms with van der Waals surface area (Å²) in [5.41, 5.74) is 5.47. The van der Waals surface area contributed by atoms with Crippen LogP contribution in [0.2, 0.25) is 0 Å². The van der Waals surface area contributed by atoms with Crippen LogP contribution in [0, 0.1) is 0 Å². The monoisotopic (exact) mass is 256 g/mol. The first-order chi connectivity index (χ1) is 8.22. The first-order valence-corrected chi connectivity index (χ1v) is 6.67. The third-order valence-corrected chi connectivity index (χ3v) is 3.56. The maximum atomic E-state index is 11.9. The van der Waals surface area contributed by atoms with Gasteiger partial charge in [-0.1, -0.05) is 19.4 Å². The van der Waals surface area contributed by atoms with Gasteiger partial charge in [-0.25, -0.2) is 0 Å². The second kappa shape index (κ2) is 7.42. The van der Waals surface area contributed by atoms with E-state index in [0.29, 0.717) is 0 Å². The largest absolute Gasteiger partial charge is 0.370 e. The van der Waals surface area contributed by atoms with Gasteiger partial charge in [-0.05, 0) is 17.9 Å². The smallest absolute Gasteiger partial charge is 0.250 e. The number of amides is 1. The molecule has 1 amide bonds. The number of carbonyl (C=O) groups is 1. The normalized spacial score (nSPS) is 14.3. The fraction of sp³-hybridized carbons (Fsp3) is 0.583. The molecule has 0 aliphatic rings. The van der Waals surface area contributed by atoms with Gasteiger partial charge in [0.05, 0.1) is 6.04 Å². The van der Waals surface area contributed by atoms with Crippen molar-refractivity contribution >= 4 is 17.2 Å². The van der Waals surface area contributed by atoms with Crippen LogP contribution >= 0.6 is 11.3 Å². The third kappa shape index (κ3) is 4.11. The van der Waals surface area contributed by atoms with Crippen molar-refractivity contribution in [3.05, 3.63) is 22.4 Å². The van der Waals surface area contributed by atoms with Crippen LogP contribution in [0.4, 0.5) is 0 Å². The summed E-state index contributed by atoms with van der Waals surface area (Å²) in [6, 6.07) is 4.10. The highest BCUT2D eigenvalue weighted by molar-refractivity contribution is 7.10. The number of methoxy groups -OCH3 is 1. The lowest BCUT2D eigenvalue weighted by Crippen LogP contribution is -2.42. The van der Waals surface area contributed by atoms with Crippen molar-refractivity contribution in [2.75, 3.05) is 13.7 Å². The molecular weight excluding hydrogens is 236 g/mol. The lowest BCUT2D eigenvalue weighted by Gasteiger charge is -2.20. The molecule has 0 aliphatic heterocycles. The molecule has 96 valence electrons. The van der Waals surface area contributed by atoms with E-state index in [1.165, 1.54) is 12.0 Å². The summed E-state index contributed by atoms with van der Waals surface area (Å²) in [7, 11) is 1.50. The van der Waals surface area contributed by atoms with Gasteiger partial charge in [0, 0.05) is 18.5 Å². The molecule has 2 atom stereocenters. The van der Waals surface area contributed by atoms with Crippen molar-refractivity contribution in [2.45, 2.75) is 31.9 Å². The van der Waals surface area contributed by atoms with Crippen LogP contribution in [0.5, 0.6) is 0 Å². The number of hydrogen-bond acceptors (Lipinski definition) is 4. The van der Waals surface area contributed by atoms with Crippen molar-refractivity contribution in [2.24, 2.45) is 5.73 Å². The molecule has 1 heterocycles. The minimum Gasteiger partial charge on any atom is -0.370 e. The Kier molecular flexibility index (Phi) is 6.18. The molecule has 1 aromatic rings. The third-order valence-electron chi connectivity index (χ3n) is 2.57. The van der Waals surface area contributed by atoms with E-state index in [0.717, 1.165) is 12.8 Å². The van der Waals surface area contributed by atoms with Crippen LogP contribution in [-0.4, -0.2) is 25.7 Å². The van der Waals surface area contributed by atoms with Gasteiger partial charge in [0.25, 0.3) is 5.91 Å². The SMILES string of the molecule is CCCC(NC(=O)C(CN)OC)c1cccs1. The highest BCUT2D eigenvalue weighted by atomic mass is 32.1. The van der Waals surface area contributed by atoms with E-state index in [1.807, 2.05) is 17.5 Å². The number of ether oxygens (including phenoxy) is 1. The molecule has 1 rings (SSSR count).